The number of nitrogens with zero attached hydrogens (tertiary/aromatic N) is 1. The van der Waals surface area contributed by atoms with Crippen LogP contribution in [0, 0.1) is 0 Å². The van der Waals surface area contributed by atoms with Gasteiger partial charge in [0.15, 0.2) is 0 Å². The number of para-hydroxylation sites is 1. The van der Waals surface area contributed by atoms with Crippen molar-refractivity contribution in [1.82, 2.24) is 4.48 Å². The van der Waals surface area contributed by atoms with E-state index in [0.29, 0.717) is 24.2 Å². The lowest BCUT2D eigenvalue weighted by atomic mass is 10.1. The molecule has 0 saturated carbocycles. The molecule has 0 spiro atoms. The van der Waals surface area contributed by atoms with E-state index in [1.165, 1.54) is 5.69 Å². The predicted molar refractivity (Wildman–Crippen MR) is 107 cm³/mol. The fourth-order valence-electron chi connectivity index (χ4n) is 3.82. The van der Waals surface area contributed by atoms with Gasteiger partial charge in [-0.2, -0.15) is 0 Å². The van der Waals surface area contributed by atoms with Crippen molar-refractivity contribution in [2.45, 2.75) is 6.10 Å². The first kappa shape index (κ1) is 19.0. The molecule has 3 saturated heterocycles. The van der Waals surface area contributed by atoms with Crippen molar-refractivity contribution in [3.63, 3.8) is 0 Å². The Morgan fingerprint density at radius 3 is 2.25 bits per heavy atom. The number of quaternary nitrogens is 1. The van der Waals surface area contributed by atoms with E-state index in [4.69, 9.17) is 17.7 Å². The largest absolute Gasteiger partial charge is 0.753 e. The molecule has 2 aromatic rings. The van der Waals surface area contributed by atoms with E-state index in [0.717, 1.165) is 24.7 Å². The third-order valence-corrected chi connectivity index (χ3v) is 7.41. The van der Waals surface area contributed by atoms with Gasteiger partial charge in [0.05, 0.1) is 13.2 Å². The van der Waals surface area contributed by atoms with Crippen LogP contribution in [0.3, 0.4) is 0 Å². The van der Waals surface area contributed by atoms with E-state index in [-0.39, 0.29) is 6.10 Å². The molecule has 0 aromatic heterocycles. The lowest BCUT2D eigenvalue weighted by Crippen LogP contribution is -2.65. The number of carbonyl (C=O) groups excluding carboxylic acids is 1. The van der Waals surface area contributed by atoms with Gasteiger partial charge >= 0.3 is 15.0 Å². The Morgan fingerprint density at radius 2 is 1.64 bits per heavy atom. The Balaban J connectivity index is 1.75. The Bertz CT molecular complexity index is 819. The van der Waals surface area contributed by atoms with Gasteiger partial charge in [-0.05, 0) is 17.7 Å². The van der Waals surface area contributed by atoms with Gasteiger partial charge in [-0.3, -0.25) is 4.48 Å². The van der Waals surface area contributed by atoms with E-state index in [9.17, 15) is 4.79 Å². The summed E-state index contributed by atoms with van der Waals surface area (Å²) in [5.74, 6) is -0.594. The molecule has 1 unspecified atom stereocenters. The molecule has 3 fully saturated rings. The molecule has 2 bridgehead atoms. The minimum Gasteiger partial charge on any atom is -0.449 e. The summed E-state index contributed by atoms with van der Waals surface area (Å²) < 4.78 is 24.6. The highest BCUT2D eigenvalue weighted by Gasteiger charge is 2.57. The minimum atomic E-state index is -3.62. The monoisotopic (exact) mass is 398 g/mol. The zero-order chi connectivity index (χ0) is 19.5. The summed E-state index contributed by atoms with van der Waals surface area (Å²) in [6.45, 7) is 6.45. The van der Waals surface area contributed by atoms with Gasteiger partial charge in [-0.15, -0.1) is 0 Å². The van der Waals surface area contributed by atoms with Crippen molar-refractivity contribution in [1.29, 1.82) is 0 Å². The zero-order valence-electron chi connectivity index (χ0n) is 15.7. The summed E-state index contributed by atoms with van der Waals surface area (Å²) in [6.07, 6.45) is 0.781. The standard InChI is InChI=1S/C21H24NO5Si/c1-2-21(23)27-28-24-15-13-22(14-16-25-28,19-11-7-4-8-12-19)17-20(26-28)18-9-5-3-6-10-18/h2-12,20H,1,13-17H2/q+1. The number of fused-ring (bicyclic) bond motifs is 6. The van der Waals surface area contributed by atoms with Gasteiger partial charge in [0.2, 0.25) is 0 Å². The van der Waals surface area contributed by atoms with Crippen LogP contribution in [-0.2, 0) is 22.5 Å². The van der Waals surface area contributed by atoms with Gasteiger partial charge < -0.3 is 17.7 Å². The van der Waals surface area contributed by atoms with E-state index in [2.05, 4.69) is 18.7 Å². The van der Waals surface area contributed by atoms with Crippen molar-refractivity contribution in [3.05, 3.63) is 78.9 Å². The topological polar surface area (TPSA) is 54.0 Å². The highest BCUT2D eigenvalue weighted by Crippen LogP contribution is 2.35. The molecule has 6 nitrogen and oxygen atoms in total. The third-order valence-electron chi connectivity index (χ3n) is 5.27. The maximum absolute atomic E-state index is 11.9. The summed E-state index contributed by atoms with van der Waals surface area (Å²) in [6, 6.07) is 20.3. The number of carbonyl (C=O) groups is 1. The first-order valence-corrected chi connectivity index (χ1v) is 11.1. The fourth-order valence-corrected chi connectivity index (χ4v) is 5.78. The summed E-state index contributed by atoms with van der Waals surface area (Å²) in [5.41, 5.74) is 2.20. The lowest BCUT2D eigenvalue weighted by molar-refractivity contribution is -0.146. The lowest BCUT2D eigenvalue weighted by Gasteiger charge is -2.46. The summed E-state index contributed by atoms with van der Waals surface area (Å²) in [4.78, 5) is 11.9. The minimum absolute atomic E-state index is 0.328. The quantitative estimate of drug-likeness (QED) is 0.450. The van der Waals surface area contributed by atoms with E-state index in [1.807, 2.05) is 48.5 Å². The molecular weight excluding hydrogens is 374 g/mol. The Morgan fingerprint density at radius 1 is 1.04 bits per heavy atom. The van der Waals surface area contributed by atoms with Crippen molar-refractivity contribution < 1.29 is 22.5 Å². The molecule has 3 aliphatic heterocycles. The molecule has 2 aromatic carbocycles. The Kier molecular flexibility index (Phi) is 5.43. The Hall–Kier alpha value is -2.29. The second kappa shape index (κ2) is 7.98. The van der Waals surface area contributed by atoms with Crippen LogP contribution in [-0.4, -0.2) is 47.9 Å². The summed E-state index contributed by atoms with van der Waals surface area (Å²) in [5, 5.41) is 0. The van der Waals surface area contributed by atoms with Crippen molar-refractivity contribution >= 4 is 20.7 Å². The van der Waals surface area contributed by atoms with Gasteiger partial charge in [-0.25, -0.2) is 4.79 Å². The predicted octanol–water partition coefficient (Wildman–Crippen LogP) is 2.98. The molecule has 0 aliphatic carbocycles. The van der Waals surface area contributed by atoms with Gasteiger partial charge in [0.25, 0.3) is 0 Å². The van der Waals surface area contributed by atoms with Crippen LogP contribution < -0.4 is 4.48 Å². The van der Waals surface area contributed by atoms with Crippen molar-refractivity contribution in [2.24, 2.45) is 0 Å². The number of benzene rings is 2. The average Bonchev–Trinajstić information content (AvgIpc) is 2.70. The maximum atomic E-state index is 11.9. The van der Waals surface area contributed by atoms with Crippen LogP contribution in [0.4, 0.5) is 5.69 Å². The molecule has 3 aliphatic rings. The van der Waals surface area contributed by atoms with Gasteiger partial charge in [0, 0.05) is 6.08 Å². The molecule has 0 N–H and O–H groups in total. The summed E-state index contributed by atoms with van der Waals surface area (Å²) >= 11 is 0. The van der Waals surface area contributed by atoms with Crippen LogP contribution in [0.2, 0.25) is 0 Å². The summed E-state index contributed by atoms with van der Waals surface area (Å²) in [7, 11) is -3.62. The van der Waals surface area contributed by atoms with Crippen molar-refractivity contribution in [3.8, 4) is 0 Å². The Labute approximate surface area is 166 Å². The maximum Gasteiger partial charge on any atom is 0.753 e. The van der Waals surface area contributed by atoms with E-state index in [1.54, 1.807) is 0 Å². The second-order valence-electron chi connectivity index (χ2n) is 6.95. The first-order valence-electron chi connectivity index (χ1n) is 9.43. The molecule has 7 heteroatoms. The van der Waals surface area contributed by atoms with Crippen LogP contribution in [0.5, 0.6) is 0 Å². The third kappa shape index (κ3) is 3.80. The van der Waals surface area contributed by atoms with E-state index < -0.39 is 15.0 Å². The van der Waals surface area contributed by atoms with Crippen molar-refractivity contribution in [2.75, 3.05) is 32.8 Å². The molecular formula is C21H24NO5Si+. The fraction of sp³-hybridized carbons (Fsp3) is 0.286. The highest BCUT2D eigenvalue weighted by molar-refractivity contribution is 6.55. The molecule has 1 atom stereocenters. The average molecular weight is 399 g/mol. The molecule has 146 valence electrons. The van der Waals surface area contributed by atoms with Crippen LogP contribution >= 0.6 is 0 Å². The second-order valence-corrected chi connectivity index (χ2v) is 8.97. The number of rotatable bonds is 4. The highest BCUT2D eigenvalue weighted by atomic mass is 28.4. The normalized spacial score (nSPS) is 29.9. The van der Waals surface area contributed by atoms with E-state index >= 15 is 0 Å². The SMILES string of the molecule is C=CC(=O)O[Si]12OCC[N+](c3ccccc3)(CCO1)CC(c1ccccc1)O2. The number of hydrogen-bond acceptors (Lipinski definition) is 5. The van der Waals surface area contributed by atoms with Gasteiger partial charge in [0.1, 0.15) is 31.4 Å². The molecule has 28 heavy (non-hydrogen) atoms. The molecule has 5 rings (SSSR count). The van der Waals surface area contributed by atoms with Crippen LogP contribution in [0.25, 0.3) is 0 Å². The smallest absolute Gasteiger partial charge is 0.449 e. The zero-order valence-corrected chi connectivity index (χ0v) is 16.7. The van der Waals surface area contributed by atoms with Crippen LogP contribution in [0.15, 0.2) is 73.3 Å². The van der Waals surface area contributed by atoms with Gasteiger partial charge in [-0.1, -0.05) is 55.1 Å². The molecule has 3 heterocycles. The van der Waals surface area contributed by atoms with Crippen LogP contribution in [0.1, 0.15) is 11.7 Å². The molecule has 0 amide bonds. The first-order chi connectivity index (χ1) is 13.6. The number of hydrogen-bond donors (Lipinski definition) is 0. The molecule has 0 radical (unpaired) electrons.